The number of aliphatic hydroxyl groups excluding tert-OH is 1. The van der Waals surface area contributed by atoms with Crippen molar-refractivity contribution in [3.05, 3.63) is 12.2 Å². The summed E-state index contributed by atoms with van der Waals surface area (Å²) in [7, 11) is 0. The molecule has 0 aromatic heterocycles. The summed E-state index contributed by atoms with van der Waals surface area (Å²) in [4.78, 5) is 0. The summed E-state index contributed by atoms with van der Waals surface area (Å²) in [5.74, 6) is 0. The van der Waals surface area contributed by atoms with E-state index in [4.69, 9.17) is 5.11 Å². The van der Waals surface area contributed by atoms with Crippen molar-refractivity contribution in [3.63, 3.8) is 0 Å². The van der Waals surface area contributed by atoms with Crippen LogP contribution in [0.2, 0.25) is 0 Å². The van der Waals surface area contributed by atoms with Crippen molar-refractivity contribution in [2.75, 3.05) is 0 Å². The predicted octanol–water partition coefficient (Wildman–Crippen LogP) is 2.50. The smallest absolute Gasteiger partial charge is 0.0719 e. The van der Waals surface area contributed by atoms with E-state index >= 15 is 0 Å². The lowest BCUT2D eigenvalue weighted by molar-refractivity contribution is 0.227. The summed E-state index contributed by atoms with van der Waals surface area (Å²) < 4.78 is 0. The van der Waals surface area contributed by atoms with E-state index in [1.54, 1.807) is 6.92 Å². The predicted molar refractivity (Wildman–Crippen MR) is 45.0 cm³/mol. The average molecular weight is 142 g/mol. The zero-order valence-electron chi connectivity index (χ0n) is 7.06. The SMILES string of the molecule is C=C(CCCCC)[C@@H](C)O. The number of unbranched alkanes of at least 4 members (excludes halogenated alkanes) is 2. The standard InChI is InChI=1S/C9H18O/c1-4-5-6-7-8(2)9(3)10/h9-10H,2,4-7H2,1,3H3/t9-/m1/s1. The normalized spacial score (nSPS) is 13.1. The second-order valence-corrected chi connectivity index (χ2v) is 2.79. The molecule has 0 saturated heterocycles. The van der Waals surface area contributed by atoms with Crippen LogP contribution in [-0.2, 0) is 0 Å². The van der Waals surface area contributed by atoms with E-state index in [1.807, 2.05) is 0 Å². The van der Waals surface area contributed by atoms with Crippen molar-refractivity contribution in [2.24, 2.45) is 0 Å². The highest BCUT2D eigenvalue weighted by molar-refractivity contribution is 4.99. The van der Waals surface area contributed by atoms with Gasteiger partial charge in [0, 0.05) is 0 Å². The Morgan fingerprint density at radius 1 is 1.50 bits per heavy atom. The summed E-state index contributed by atoms with van der Waals surface area (Å²) in [5, 5.41) is 9.02. The Morgan fingerprint density at radius 3 is 2.50 bits per heavy atom. The molecule has 0 aromatic rings. The molecule has 1 atom stereocenters. The summed E-state index contributed by atoms with van der Waals surface area (Å²) in [6.45, 7) is 7.72. The van der Waals surface area contributed by atoms with Crippen LogP contribution in [0.4, 0.5) is 0 Å². The molecule has 0 aliphatic carbocycles. The van der Waals surface area contributed by atoms with Crippen LogP contribution in [0.25, 0.3) is 0 Å². The van der Waals surface area contributed by atoms with Crippen molar-refractivity contribution in [3.8, 4) is 0 Å². The highest BCUT2D eigenvalue weighted by atomic mass is 16.3. The third-order valence-corrected chi connectivity index (χ3v) is 1.69. The molecule has 0 heterocycles. The Morgan fingerprint density at radius 2 is 2.10 bits per heavy atom. The van der Waals surface area contributed by atoms with Crippen LogP contribution in [-0.4, -0.2) is 11.2 Å². The molecule has 0 aliphatic heterocycles. The third kappa shape index (κ3) is 4.57. The van der Waals surface area contributed by atoms with Crippen LogP contribution in [0, 0.1) is 0 Å². The molecule has 1 heteroatoms. The van der Waals surface area contributed by atoms with Gasteiger partial charge >= 0.3 is 0 Å². The van der Waals surface area contributed by atoms with Gasteiger partial charge < -0.3 is 5.11 Å². The summed E-state index contributed by atoms with van der Waals surface area (Å²) >= 11 is 0. The van der Waals surface area contributed by atoms with Crippen molar-refractivity contribution in [1.82, 2.24) is 0 Å². The van der Waals surface area contributed by atoms with E-state index in [9.17, 15) is 0 Å². The van der Waals surface area contributed by atoms with Crippen LogP contribution in [0.1, 0.15) is 39.5 Å². The molecule has 0 aliphatic rings. The minimum atomic E-state index is -0.322. The van der Waals surface area contributed by atoms with Gasteiger partial charge in [-0.3, -0.25) is 0 Å². The molecule has 10 heavy (non-hydrogen) atoms. The molecule has 0 fully saturated rings. The van der Waals surface area contributed by atoms with Crippen molar-refractivity contribution >= 4 is 0 Å². The second kappa shape index (κ2) is 5.48. The van der Waals surface area contributed by atoms with Gasteiger partial charge in [-0.2, -0.15) is 0 Å². The molecule has 0 saturated carbocycles. The van der Waals surface area contributed by atoms with Gasteiger partial charge in [-0.25, -0.2) is 0 Å². The molecule has 0 aromatic carbocycles. The number of aliphatic hydroxyl groups is 1. The van der Waals surface area contributed by atoms with E-state index in [-0.39, 0.29) is 6.10 Å². The average Bonchev–Trinajstić information content (AvgIpc) is 1.88. The van der Waals surface area contributed by atoms with Gasteiger partial charge in [-0.05, 0) is 25.3 Å². The lowest BCUT2D eigenvalue weighted by atomic mass is 10.1. The van der Waals surface area contributed by atoms with Crippen molar-refractivity contribution < 1.29 is 5.11 Å². The zero-order chi connectivity index (χ0) is 7.98. The Balaban J connectivity index is 3.22. The van der Waals surface area contributed by atoms with E-state index in [2.05, 4.69) is 13.5 Å². The maximum atomic E-state index is 9.02. The van der Waals surface area contributed by atoms with Gasteiger partial charge in [-0.15, -0.1) is 0 Å². The summed E-state index contributed by atoms with van der Waals surface area (Å²) in [6.07, 6.45) is 4.29. The van der Waals surface area contributed by atoms with Gasteiger partial charge in [0.15, 0.2) is 0 Å². The van der Waals surface area contributed by atoms with E-state index < -0.39 is 0 Å². The number of rotatable bonds is 5. The fourth-order valence-electron chi connectivity index (χ4n) is 0.811. The monoisotopic (exact) mass is 142 g/mol. The van der Waals surface area contributed by atoms with Crippen molar-refractivity contribution in [2.45, 2.75) is 45.6 Å². The van der Waals surface area contributed by atoms with Gasteiger partial charge in [-0.1, -0.05) is 26.3 Å². The fraction of sp³-hybridized carbons (Fsp3) is 0.778. The summed E-state index contributed by atoms with van der Waals surface area (Å²) in [6, 6.07) is 0. The Bertz CT molecular complexity index is 94.9. The van der Waals surface area contributed by atoms with E-state index in [0.29, 0.717) is 0 Å². The molecular weight excluding hydrogens is 124 g/mol. The molecule has 0 radical (unpaired) electrons. The van der Waals surface area contributed by atoms with Gasteiger partial charge in [0.05, 0.1) is 6.10 Å². The molecule has 0 amide bonds. The lowest BCUT2D eigenvalue weighted by Crippen LogP contribution is -2.02. The molecule has 0 spiro atoms. The van der Waals surface area contributed by atoms with Crippen LogP contribution >= 0.6 is 0 Å². The fourth-order valence-corrected chi connectivity index (χ4v) is 0.811. The van der Waals surface area contributed by atoms with Crippen LogP contribution in [0.3, 0.4) is 0 Å². The van der Waals surface area contributed by atoms with Gasteiger partial charge in [0.2, 0.25) is 0 Å². The molecule has 0 rings (SSSR count). The first-order valence-electron chi connectivity index (χ1n) is 4.04. The molecule has 1 nitrogen and oxygen atoms in total. The van der Waals surface area contributed by atoms with Gasteiger partial charge in [0.25, 0.3) is 0 Å². The third-order valence-electron chi connectivity index (χ3n) is 1.69. The van der Waals surface area contributed by atoms with Crippen molar-refractivity contribution in [1.29, 1.82) is 0 Å². The summed E-state index contributed by atoms with van der Waals surface area (Å²) in [5.41, 5.74) is 0.966. The van der Waals surface area contributed by atoms with Crippen LogP contribution < -0.4 is 0 Å². The van der Waals surface area contributed by atoms with Crippen LogP contribution in [0.5, 0.6) is 0 Å². The molecule has 1 N–H and O–H groups in total. The first kappa shape index (κ1) is 9.70. The number of hydrogen-bond donors (Lipinski definition) is 1. The van der Waals surface area contributed by atoms with E-state index in [0.717, 1.165) is 12.0 Å². The van der Waals surface area contributed by atoms with Gasteiger partial charge in [0.1, 0.15) is 0 Å². The highest BCUT2D eigenvalue weighted by Gasteiger charge is 1.99. The number of hydrogen-bond acceptors (Lipinski definition) is 1. The largest absolute Gasteiger partial charge is 0.389 e. The topological polar surface area (TPSA) is 20.2 Å². The van der Waals surface area contributed by atoms with E-state index in [1.165, 1.54) is 19.3 Å². The minimum absolute atomic E-state index is 0.322. The lowest BCUT2D eigenvalue weighted by Gasteiger charge is -2.06. The Hall–Kier alpha value is -0.300. The maximum Gasteiger partial charge on any atom is 0.0719 e. The first-order chi connectivity index (χ1) is 4.68. The zero-order valence-corrected chi connectivity index (χ0v) is 7.06. The highest BCUT2D eigenvalue weighted by Crippen LogP contribution is 2.09. The molecule has 0 unspecified atom stereocenters. The second-order valence-electron chi connectivity index (χ2n) is 2.79. The molecular formula is C9H18O. The quantitative estimate of drug-likeness (QED) is 0.462. The maximum absolute atomic E-state index is 9.02. The van der Waals surface area contributed by atoms with Crippen LogP contribution in [0.15, 0.2) is 12.2 Å². The molecule has 60 valence electrons. The Labute approximate surface area is 63.8 Å². The first-order valence-corrected chi connectivity index (χ1v) is 4.04. The molecule has 0 bridgehead atoms. The minimum Gasteiger partial charge on any atom is -0.389 e. The Kier molecular flexibility index (Phi) is 5.32.